The van der Waals surface area contributed by atoms with Crippen molar-refractivity contribution >= 4 is 91.0 Å². The zero-order chi connectivity index (χ0) is 85.1. The predicted octanol–water partition coefficient (Wildman–Crippen LogP) is 29.1. The molecule has 0 atom stereocenters. The van der Waals surface area contributed by atoms with E-state index in [0.29, 0.717) is 0 Å². The van der Waals surface area contributed by atoms with Gasteiger partial charge in [-0.3, -0.25) is 0 Å². The van der Waals surface area contributed by atoms with Crippen LogP contribution in [-0.4, -0.2) is 56.4 Å². The summed E-state index contributed by atoms with van der Waals surface area (Å²) in [5, 5.41) is 0. The van der Waals surface area contributed by atoms with Gasteiger partial charge < -0.3 is 39.2 Å². The molecule has 16 aromatic rings. The van der Waals surface area contributed by atoms with E-state index in [-0.39, 0.29) is 0 Å². The maximum absolute atomic E-state index is 2.27. The highest BCUT2D eigenvalue weighted by Crippen LogP contribution is 2.43. The number of nitrogens with zero attached hydrogens (tertiary/aromatic N) is 8. The first-order chi connectivity index (χ1) is 59.9. The minimum Gasteiger partial charge on any atom is -0.345 e. The van der Waals surface area contributed by atoms with Crippen molar-refractivity contribution in [2.75, 3.05) is 95.6 Å². The first-order valence-corrected chi connectivity index (χ1v) is 43.0. The van der Waals surface area contributed by atoms with E-state index in [1.165, 1.54) is 158 Å². The third kappa shape index (κ3) is 20.6. The molecule has 0 aliphatic carbocycles. The van der Waals surface area contributed by atoms with Crippen molar-refractivity contribution in [2.45, 2.75) is 66.2 Å². The van der Waals surface area contributed by atoms with Crippen molar-refractivity contribution < 1.29 is 0 Å². The smallest absolute Gasteiger partial charge is 0.0444 e. The molecule has 612 valence electrons. The van der Waals surface area contributed by atoms with Crippen LogP contribution in [0.15, 0.2) is 413 Å². The van der Waals surface area contributed by atoms with Gasteiger partial charge in [0, 0.05) is 186 Å². The van der Waals surface area contributed by atoms with E-state index < -0.39 is 0 Å². The van der Waals surface area contributed by atoms with Crippen molar-refractivity contribution in [1.29, 1.82) is 0 Å². The lowest BCUT2D eigenvalue weighted by Crippen LogP contribution is -2.18. The Labute approximate surface area is 727 Å². The molecule has 6 heterocycles. The zero-order valence-electron chi connectivity index (χ0n) is 73.1. The molecule has 0 fully saturated rings. The molecule has 0 saturated heterocycles. The Balaban J connectivity index is 0.000000119. The van der Waals surface area contributed by atoms with Crippen LogP contribution in [0.5, 0.6) is 0 Å². The van der Waals surface area contributed by atoms with Crippen LogP contribution in [0, 0.1) is 0 Å². The Bertz CT molecular complexity index is 4800. The van der Waals surface area contributed by atoms with E-state index in [4.69, 9.17) is 0 Å². The van der Waals surface area contributed by atoms with Gasteiger partial charge in [0.2, 0.25) is 0 Å². The van der Waals surface area contributed by atoms with Crippen LogP contribution in [0.3, 0.4) is 0 Å². The van der Waals surface area contributed by atoms with Crippen LogP contribution >= 0.6 is 0 Å². The lowest BCUT2D eigenvalue weighted by molar-refractivity contribution is 1.06. The quantitative estimate of drug-likeness (QED) is 0.172. The summed E-state index contributed by atoms with van der Waals surface area (Å²) in [6, 6.07) is 145. The molecule has 0 aromatic heterocycles. The van der Waals surface area contributed by atoms with Crippen molar-refractivity contribution in [3.8, 4) is 0 Å². The third-order valence-electron chi connectivity index (χ3n) is 23.1. The Morgan fingerprint density at radius 1 is 0.139 bits per heavy atom. The van der Waals surface area contributed by atoms with Crippen molar-refractivity contribution in [3.05, 3.63) is 479 Å². The molecule has 6 aliphatic rings. The Hall–Kier alpha value is -14.1. The highest BCUT2D eigenvalue weighted by atomic mass is 15.2. The number of hydrogen-bond acceptors (Lipinski definition) is 8. The zero-order valence-corrected chi connectivity index (χ0v) is 73.1. The normalized spacial score (nSPS) is 12.1. The fourth-order valence-corrected chi connectivity index (χ4v) is 16.8. The van der Waals surface area contributed by atoms with Gasteiger partial charge >= 0.3 is 0 Å². The van der Waals surface area contributed by atoms with Gasteiger partial charge in [0.1, 0.15) is 0 Å². The van der Waals surface area contributed by atoms with Crippen LogP contribution in [0.4, 0.5) is 91.0 Å². The summed E-state index contributed by atoms with van der Waals surface area (Å²) < 4.78 is 0. The molecule has 122 heavy (non-hydrogen) atoms. The van der Waals surface area contributed by atoms with Gasteiger partial charge in [-0.2, -0.15) is 0 Å². The van der Waals surface area contributed by atoms with E-state index in [9.17, 15) is 0 Å². The first-order valence-electron chi connectivity index (χ1n) is 43.0. The topological polar surface area (TPSA) is 25.9 Å². The maximum atomic E-state index is 2.27. The fourth-order valence-electron chi connectivity index (χ4n) is 16.8. The molecule has 0 radical (unpaired) electrons. The molecular weight excluding hydrogens is 1480 g/mol. The summed E-state index contributed by atoms with van der Waals surface area (Å²) in [5.41, 5.74) is 37.8. The number of rotatable bonds is 4. The van der Waals surface area contributed by atoms with E-state index in [2.05, 4.69) is 484 Å². The van der Waals surface area contributed by atoms with Crippen molar-refractivity contribution in [3.63, 3.8) is 0 Å². The summed E-state index contributed by atoms with van der Waals surface area (Å²) in [6.07, 6.45) is 6.31. The largest absolute Gasteiger partial charge is 0.345 e. The van der Waals surface area contributed by atoms with E-state index in [1.54, 1.807) is 0 Å². The molecule has 6 aliphatic heterocycles. The SMILES string of the molecule is CC.CC.CN(c1ccccc1)c1ccccc1.CN(c1ccccc1)c1ccccc1.CN1c2ccccc2Cc2ccccc21.CN1c2ccccc2Cc2ccccc21.CN1c2ccccc2Cc2ccccc21.CN1c2ccccc2Cc2ccccc21.CN1c2ccccc2Cc2ccccc21.CN1c2ccccc2Cc2ccccc21. The minimum absolute atomic E-state index is 1.05. The summed E-state index contributed by atoms with van der Waals surface area (Å²) in [5.74, 6) is 0. The number of hydrogen-bond donors (Lipinski definition) is 0. The molecule has 0 amide bonds. The Morgan fingerprint density at radius 3 is 0.336 bits per heavy atom. The molecule has 0 unspecified atom stereocenters. The van der Waals surface area contributed by atoms with Gasteiger partial charge in [-0.15, -0.1) is 0 Å². The molecule has 0 N–H and O–H groups in total. The van der Waals surface area contributed by atoms with Crippen molar-refractivity contribution in [2.24, 2.45) is 0 Å². The second-order valence-corrected chi connectivity index (χ2v) is 30.4. The van der Waals surface area contributed by atoms with Crippen LogP contribution in [0.2, 0.25) is 0 Å². The monoisotopic (exact) mass is 1600 g/mol. The third-order valence-corrected chi connectivity index (χ3v) is 23.1. The molecule has 22 rings (SSSR count). The minimum atomic E-state index is 1.05. The van der Waals surface area contributed by atoms with Crippen molar-refractivity contribution in [1.82, 2.24) is 0 Å². The highest BCUT2D eigenvalue weighted by Gasteiger charge is 2.24. The lowest BCUT2D eigenvalue weighted by atomic mass is 9.96. The lowest BCUT2D eigenvalue weighted by Gasteiger charge is -2.29. The average molecular weight is 1600 g/mol. The van der Waals surface area contributed by atoms with Crippen LogP contribution in [0.25, 0.3) is 0 Å². The maximum Gasteiger partial charge on any atom is 0.0444 e. The van der Waals surface area contributed by atoms with Gasteiger partial charge in [-0.25, -0.2) is 0 Å². The first kappa shape index (κ1) is 85.8. The van der Waals surface area contributed by atoms with E-state index >= 15 is 0 Å². The number of para-hydroxylation sites is 16. The Kier molecular flexibility index (Phi) is 29.9. The Morgan fingerprint density at radius 2 is 0.230 bits per heavy atom. The van der Waals surface area contributed by atoms with Gasteiger partial charge in [-0.1, -0.05) is 319 Å². The fraction of sp³-hybridized carbons (Fsp3) is 0.158. The van der Waals surface area contributed by atoms with Gasteiger partial charge in [0.15, 0.2) is 0 Å². The average Bonchev–Trinajstić information content (AvgIpc) is 0.811. The molecule has 0 bridgehead atoms. The molecular formula is C114H116N8. The number of fused-ring (bicyclic) bond motifs is 12. The summed E-state index contributed by atoms with van der Waals surface area (Å²) in [7, 11) is 17.0. The van der Waals surface area contributed by atoms with Gasteiger partial charge in [-0.05, 0) is 188 Å². The van der Waals surface area contributed by atoms with Gasteiger partial charge in [0.25, 0.3) is 0 Å². The summed E-state index contributed by atoms with van der Waals surface area (Å²) in [6.45, 7) is 8.00. The summed E-state index contributed by atoms with van der Waals surface area (Å²) in [4.78, 5) is 18.0. The molecule has 8 heteroatoms. The predicted molar refractivity (Wildman–Crippen MR) is 527 cm³/mol. The summed E-state index contributed by atoms with van der Waals surface area (Å²) >= 11 is 0. The second-order valence-electron chi connectivity index (χ2n) is 30.4. The van der Waals surface area contributed by atoms with E-state index in [1.807, 2.05) is 52.0 Å². The number of benzene rings is 16. The van der Waals surface area contributed by atoms with Crippen LogP contribution in [0.1, 0.15) is 94.5 Å². The highest BCUT2D eigenvalue weighted by molar-refractivity contribution is 5.79. The molecule has 0 spiro atoms. The second kappa shape index (κ2) is 42.5. The van der Waals surface area contributed by atoms with Gasteiger partial charge in [0.05, 0.1) is 0 Å². The molecule has 16 aromatic carbocycles. The molecule has 8 nitrogen and oxygen atoms in total. The van der Waals surface area contributed by atoms with Crippen LogP contribution < -0.4 is 39.2 Å². The standard InChI is InChI=1S/6C14H13N.2C13H13N.2C2H6/c6*1-15-13-8-4-2-6-11(13)10-12-7-3-5-9-14(12)15;2*1-14(12-8-4-2-5-9-12)13-10-6-3-7-11-13;2*1-2/h6*2-9H,10H2,1H3;2*2-11H,1H3;2*1-2H3. The van der Waals surface area contributed by atoms with E-state index in [0.717, 1.165) is 38.5 Å². The number of anilines is 16. The van der Waals surface area contributed by atoms with Crippen LogP contribution in [-0.2, 0) is 38.5 Å². The molecule has 0 saturated carbocycles.